The highest BCUT2D eigenvalue weighted by atomic mass is 16.5. The van der Waals surface area contributed by atoms with Crippen molar-refractivity contribution < 1.29 is 14.3 Å². The van der Waals surface area contributed by atoms with Crippen LogP contribution in [-0.2, 0) is 11.3 Å². The summed E-state index contributed by atoms with van der Waals surface area (Å²) in [7, 11) is 3.64. The van der Waals surface area contributed by atoms with Crippen molar-refractivity contribution >= 4 is 23.2 Å². The van der Waals surface area contributed by atoms with E-state index < -0.39 is 5.54 Å². The maximum Gasteiger partial charge on any atom is 0.255 e. The van der Waals surface area contributed by atoms with Crippen LogP contribution in [0.1, 0.15) is 28.8 Å². The van der Waals surface area contributed by atoms with Crippen molar-refractivity contribution in [3.8, 4) is 5.75 Å². The summed E-state index contributed by atoms with van der Waals surface area (Å²) in [6.07, 6.45) is 5.45. The molecule has 2 amide bonds. The summed E-state index contributed by atoms with van der Waals surface area (Å²) in [6, 6.07) is 15.8. The third kappa shape index (κ3) is 4.69. The number of benzene rings is 2. The normalized spacial score (nSPS) is 13.7. The van der Waals surface area contributed by atoms with E-state index in [2.05, 4.69) is 25.5 Å². The Balaban J connectivity index is 1.32. The third-order valence-electron chi connectivity index (χ3n) is 5.60. The fourth-order valence-electron chi connectivity index (χ4n) is 3.38. The number of nitrogens with zero attached hydrogens (tertiary/aromatic N) is 3. The van der Waals surface area contributed by atoms with Crippen molar-refractivity contribution in [1.29, 1.82) is 0 Å². The molecule has 0 bridgehead atoms. The van der Waals surface area contributed by atoms with Gasteiger partial charge in [0.2, 0.25) is 5.91 Å². The molecule has 32 heavy (non-hydrogen) atoms. The number of hydrogen-bond donors (Lipinski definition) is 2. The van der Waals surface area contributed by atoms with Gasteiger partial charge in [-0.3, -0.25) is 9.59 Å². The number of methoxy groups -OCH3 is 1. The Morgan fingerprint density at radius 1 is 1.00 bits per heavy atom. The summed E-state index contributed by atoms with van der Waals surface area (Å²) in [6.45, 7) is 0.386. The Morgan fingerprint density at radius 3 is 2.16 bits per heavy atom. The zero-order valence-electron chi connectivity index (χ0n) is 18.0. The number of carbonyl (C=O) groups excluding carboxylic acids is 2. The molecule has 8 heteroatoms. The lowest BCUT2D eigenvalue weighted by Gasteiger charge is -2.20. The minimum absolute atomic E-state index is 0.179. The van der Waals surface area contributed by atoms with Crippen molar-refractivity contribution in [1.82, 2.24) is 20.6 Å². The molecule has 0 aliphatic heterocycles. The Bertz CT molecular complexity index is 1080. The van der Waals surface area contributed by atoms with Gasteiger partial charge in [-0.1, -0.05) is 12.1 Å². The van der Waals surface area contributed by atoms with Crippen LogP contribution in [0.25, 0.3) is 0 Å². The van der Waals surface area contributed by atoms with E-state index >= 15 is 0 Å². The van der Waals surface area contributed by atoms with Crippen LogP contribution in [0.4, 0.5) is 11.4 Å². The average Bonchev–Trinajstić information content (AvgIpc) is 3.63. The molecule has 4 rings (SSSR count). The highest BCUT2D eigenvalue weighted by molar-refractivity contribution is 6.00. The molecule has 0 unspecified atom stereocenters. The predicted molar refractivity (Wildman–Crippen MR) is 121 cm³/mol. The molecule has 2 N–H and O–H groups in total. The maximum absolute atomic E-state index is 12.7. The second-order valence-corrected chi connectivity index (χ2v) is 7.77. The molecule has 3 aromatic rings. The summed E-state index contributed by atoms with van der Waals surface area (Å²) >= 11 is 0. The molecule has 1 aliphatic carbocycles. The van der Waals surface area contributed by atoms with Gasteiger partial charge in [-0.15, -0.1) is 0 Å². The molecular weight excluding hydrogens is 406 g/mol. The molecule has 0 radical (unpaired) electrons. The number of nitrogens with one attached hydrogen (secondary N) is 2. The molecule has 1 aromatic heterocycles. The van der Waals surface area contributed by atoms with E-state index in [1.807, 2.05) is 55.6 Å². The molecular formula is C24H25N5O3. The number of hydrogen-bond acceptors (Lipinski definition) is 6. The van der Waals surface area contributed by atoms with Crippen molar-refractivity contribution in [3.05, 3.63) is 78.4 Å². The van der Waals surface area contributed by atoms with Crippen LogP contribution in [0, 0.1) is 0 Å². The number of amides is 2. The first-order valence-electron chi connectivity index (χ1n) is 10.3. The third-order valence-corrected chi connectivity index (χ3v) is 5.60. The SMILES string of the molecule is COc1ccc(N(C)c2ccc(CNC(=O)C3(NC(=O)c4cncnc4)CC3)cc2)cc1. The zero-order valence-corrected chi connectivity index (χ0v) is 18.0. The first kappa shape index (κ1) is 21.3. The van der Waals surface area contributed by atoms with Gasteiger partial charge in [0, 0.05) is 37.4 Å². The van der Waals surface area contributed by atoms with Crippen LogP contribution in [0.5, 0.6) is 5.75 Å². The van der Waals surface area contributed by atoms with Crippen LogP contribution in [0.3, 0.4) is 0 Å². The molecule has 1 aliphatic rings. The number of anilines is 2. The lowest BCUT2D eigenvalue weighted by Crippen LogP contribution is -2.48. The summed E-state index contributed by atoms with van der Waals surface area (Å²) < 4.78 is 5.21. The van der Waals surface area contributed by atoms with E-state index in [9.17, 15) is 9.59 Å². The second-order valence-electron chi connectivity index (χ2n) is 7.77. The molecule has 1 saturated carbocycles. The van der Waals surface area contributed by atoms with E-state index in [1.165, 1.54) is 18.7 Å². The van der Waals surface area contributed by atoms with E-state index in [4.69, 9.17) is 4.74 Å². The molecule has 1 heterocycles. The number of aromatic nitrogens is 2. The van der Waals surface area contributed by atoms with Crippen LogP contribution in [-0.4, -0.2) is 41.5 Å². The summed E-state index contributed by atoms with van der Waals surface area (Å²) in [5, 5.41) is 5.76. The largest absolute Gasteiger partial charge is 0.497 e. The van der Waals surface area contributed by atoms with Gasteiger partial charge in [0.25, 0.3) is 5.91 Å². The molecule has 2 aromatic carbocycles. The predicted octanol–water partition coefficient (Wildman–Crippen LogP) is 2.83. The monoisotopic (exact) mass is 431 g/mol. The summed E-state index contributed by atoms with van der Waals surface area (Å²) in [4.78, 5) is 34.8. The number of carbonyl (C=O) groups is 2. The lowest BCUT2D eigenvalue weighted by atomic mass is 10.1. The Hall–Kier alpha value is -3.94. The maximum atomic E-state index is 12.7. The van der Waals surface area contributed by atoms with Crippen LogP contribution in [0.15, 0.2) is 67.3 Å². The molecule has 0 atom stereocenters. The van der Waals surface area contributed by atoms with Crippen molar-refractivity contribution in [2.75, 3.05) is 19.1 Å². The second kappa shape index (κ2) is 9.05. The van der Waals surface area contributed by atoms with E-state index in [1.54, 1.807) is 7.11 Å². The molecule has 0 saturated heterocycles. The fraction of sp³-hybridized carbons (Fsp3) is 0.250. The lowest BCUT2D eigenvalue weighted by molar-refractivity contribution is -0.124. The van der Waals surface area contributed by atoms with Crippen molar-refractivity contribution in [2.45, 2.75) is 24.9 Å². The highest BCUT2D eigenvalue weighted by Gasteiger charge is 2.51. The van der Waals surface area contributed by atoms with Gasteiger partial charge in [-0.05, 0) is 54.8 Å². The van der Waals surface area contributed by atoms with Crippen LogP contribution >= 0.6 is 0 Å². The quantitative estimate of drug-likeness (QED) is 0.569. The Morgan fingerprint density at radius 2 is 1.59 bits per heavy atom. The Labute approximate surface area is 186 Å². The topological polar surface area (TPSA) is 96.5 Å². The smallest absolute Gasteiger partial charge is 0.255 e. The molecule has 1 fully saturated rings. The van der Waals surface area contributed by atoms with Gasteiger partial charge in [-0.2, -0.15) is 0 Å². The van der Waals surface area contributed by atoms with Gasteiger partial charge in [0.15, 0.2) is 0 Å². The standard InChI is InChI=1S/C24H25N5O3/c1-29(20-7-9-21(32-2)10-8-20)19-5-3-17(4-6-19)13-27-23(31)24(11-12-24)28-22(30)18-14-25-16-26-15-18/h3-10,14-16H,11-13H2,1-2H3,(H,27,31)(H,28,30). The van der Waals surface area contributed by atoms with E-state index in [-0.39, 0.29) is 11.8 Å². The minimum Gasteiger partial charge on any atom is -0.497 e. The van der Waals surface area contributed by atoms with E-state index in [0.717, 1.165) is 22.7 Å². The molecule has 0 spiro atoms. The molecule has 164 valence electrons. The number of rotatable bonds is 8. The van der Waals surface area contributed by atoms with E-state index in [0.29, 0.717) is 24.9 Å². The van der Waals surface area contributed by atoms with Gasteiger partial charge >= 0.3 is 0 Å². The summed E-state index contributed by atoms with van der Waals surface area (Å²) in [5.74, 6) is 0.293. The minimum atomic E-state index is -0.846. The van der Waals surface area contributed by atoms with Crippen LogP contribution in [0.2, 0.25) is 0 Å². The fourth-order valence-corrected chi connectivity index (χ4v) is 3.38. The highest BCUT2D eigenvalue weighted by Crippen LogP contribution is 2.36. The first-order chi connectivity index (χ1) is 15.5. The first-order valence-corrected chi connectivity index (χ1v) is 10.3. The van der Waals surface area contributed by atoms with Gasteiger partial charge in [0.05, 0.1) is 12.7 Å². The van der Waals surface area contributed by atoms with Gasteiger partial charge in [-0.25, -0.2) is 9.97 Å². The van der Waals surface area contributed by atoms with Gasteiger partial charge in [0.1, 0.15) is 17.6 Å². The number of ether oxygens (including phenoxy) is 1. The van der Waals surface area contributed by atoms with Crippen molar-refractivity contribution in [3.63, 3.8) is 0 Å². The van der Waals surface area contributed by atoms with Gasteiger partial charge < -0.3 is 20.3 Å². The molecule has 8 nitrogen and oxygen atoms in total. The van der Waals surface area contributed by atoms with Crippen LogP contribution < -0.4 is 20.3 Å². The average molecular weight is 431 g/mol. The van der Waals surface area contributed by atoms with Crippen molar-refractivity contribution in [2.24, 2.45) is 0 Å². The zero-order chi connectivity index (χ0) is 22.6. The Kier molecular flexibility index (Phi) is 6.02. The summed E-state index contributed by atoms with van der Waals surface area (Å²) in [5.41, 5.74) is 2.54.